The summed E-state index contributed by atoms with van der Waals surface area (Å²) >= 11 is 10.7. The van der Waals surface area contributed by atoms with Gasteiger partial charge >= 0.3 is 0 Å². The highest BCUT2D eigenvalue weighted by atomic mass is 35.5. The molecule has 0 saturated carbocycles. The summed E-state index contributed by atoms with van der Waals surface area (Å²) in [6, 6.07) is 4.46. The van der Waals surface area contributed by atoms with Crippen LogP contribution < -0.4 is 10.1 Å². The van der Waals surface area contributed by atoms with E-state index in [2.05, 4.69) is 5.32 Å². The van der Waals surface area contributed by atoms with Crippen LogP contribution in [0.1, 0.15) is 10.4 Å². The Bertz CT molecular complexity index is 421. The van der Waals surface area contributed by atoms with Gasteiger partial charge in [-0.2, -0.15) is 0 Å². The van der Waals surface area contributed by atoms with Crippen molar-refractivity contribution in [1.82, 2.24) is 0 Å². The monoisotopic (exact) mass is 261 g/mol. The van der Waals surface area contributed by atoms with Gasteiger partial charge in [0, 0.05) is 5.56 Å². The predicted molar refractivity (Wildman–Crippen MR) is 62.5 cm³/mol. The fourth-order valence-corrected chi connectivity index (χ4v) is 1.28. The second-order valence-corrected chi connectivity index (χ2v) is 3.48. The Kier molecular flexibility index (Phi) is 4.58. The molecule has 0 bridgehead atoms. The van der Waals surface area contributed by atoms with Crippen molar-refractivity contribution in [2.24, 2.45) is 0 Å². The molecule has 1 aromatic rings. The summed E-state index contributed by atoms with van der Waals surface area (Å²) in [5, 5.41) is 1.94. The largest absolute Gasteiger partial charge is 0.495 e. The lowest BCUT2D eigenvalue weighted by atomic mass is 10.2. The second kappa shape index (κ2) is 5.72. The first-order valence-corrected chi connectivity index (χ1v) is 5.23. The Balaban J connectivity index is 3.02. The van der Waals surface area contributed by atoms with Gasteiger partial charge in [-0.05, 0) is 29.8 Å². The molecule has 0 aliphatic heterocycles. The number of benzene rings is 1. The van der Waals surface area contributed by atoms with Gasteiger partial charge in [0.15, 0.2) is 0 Å². The van der Waals surface area contributed by atoms with Gasteiger partial charge in [0.1, 0.15) is 11.6 Å². The van der Waals surface area contributed by atoms with E-state index in [1.54, 1.807) is 0 Å². The number of amides is 1. The molecule has 0 aliphatic carbocycles. The van der Waals surface area contributed by atoms with Crippen molar-refractivity contribution in [1.29, 1.82) is 0 Å². The summed E-state index contributed by atoms with van der Waals surface area (Å²) in [4.78, 5) is 22.0. The van der Waals surface area contributed by atoms with E-state index in [4.69, 9.17) is 27.9 Å². The zero-order chi connectivity index (χ0) is 12.1. The minimum Gasteiger partial charge on any atom is -0.495 e. The quantitative estimate of drug-likeness (QED) is 0.668. The first-order valence-electron chi connectivity index (χ1n) is 4.32. The van der Waals surface area contributed by atoms with Crippen LogP contribution in [0.5, 0.6) is 5.75 Å². The second-order valence-electron chi connectivity index (χ2n) is 2.87. The maximum atomic E-state index is 11.1. The molecule has 0 aliphatic rings. The molecule has 0 unspecified atom stereocenters. The van der Waals surface area contributed by atoms with Crippen LogP contribution in [-0.2, 0) is 4.79 Å². The highest BCUT2D eigenvalue weighted by Gasteiger charge is 2.10. The molecule has 0 radical (unpaired) electrons. The van der Waals surface area contributed by atoms with Crippen LogP contribution in [-0.4, -0.2) is 24.1 Å². The first-order chi connectivity index (χ1) is 7.58. The predicted octanol–water partition coefficient (Wildman–Crippen LogP) is 2.25. The lowest BCUT2D eigenvalue weighted by Gasteiger charge is -2.09. The lowest BCUT2D eigenvalue weighted by Crippen LogP contribution is -2.13. The van der Waals surface area contributed by atoms with Crippen molar-refractivity contribution in [2.45, 2.75) is 0 Å². The Labute approximate surface area is 102 Å². The first kappa shape index (κ1) is 12.8. The average molecular weight is 262 g/mol. The molecule has 4 nitrogen and oxygen atoms in total. The highest BCUT2D eigenvalue weighted by molar-refractivity contribution is 6.67. The van der Waals surface area contributed by atoms with Gasteiger partial charge in [-0.1, -0.05) is 0 Å². The third-order valence-electron chi connectivity index (χ3n) is 1.82. The summed E-state index contributed by atoms with van der Waals surface area (Å²) in [5.41, 5.74) is 0.734. The van der Waals surface area contributed by atoms with Gasteiger partial charge in [0.25, 0.3) is 5.24 Å². The summed E-state index contributed by atoms with van der Waals surface area (Å²) in [5.74, 6) is -0.158. The molecule has 0 aromatic heterocycles. The fraction of sp³-hybridized carbons (Fsp3) is 0.200. The Morgan fingerprint density at radius 3 is 2.62 bits per heavy atom. The van der Waals surface area contributed by atoms with Crippen LogP contribution in [0.25, 0.3) is 0 Å². The minimum absolute atomic E-state index is 0.153. The summed E-state index contributed by atoms with van der Waals surface area (Å²) in [7, 11) is 1.42. The number of carbonyl (C=O) groups is 2. The van der Waals surface area contributed by atoms with Crippen molar-refractivity contribution in [3.63, 3.8) is 0 Å². The number of carbonyl (C=O) groups excluding carboxylic acids is 2. The number of hydrogen-bond donors (Lipinski definition) is 1. The smallest absolute Gasteiger partial charge is 0.252 e. The Morgan fingerprint density at radius 2 is 2.12 bits per heavy atom. The Morgan fingerprint density at radius 1 is 1.44 bits per heavy atom. The SMILES string of the molecule is COc1cc(C(=O)Cl)ccc1NC(=O)CCl. The van der Waals surface area contributed by atoms with E-state index >= 15 is 0 Å². The van der Waals surface area contributed by atoms with Crippen molar-refractivity contribution < 1.29 is 14.3 Å². The van der Waals surface area contributed by atoms with E-state index in [1.165, 1.54) is 25.3 Å². The maximum Gasteiger partial charge on any atom is 0.252 e. The highest BCUT2D eigenvalue weighted by Crippen LogP contribution is 2.26. The number of hydrogen-bond acceptors (Lipinski definition) is 3. The molecule has 6 heteroatoms. The molecule has 1 rings (SSSR count). The summed E-state index contributed by atoms with van der Waals surface area (Å²) in [6.07, 6.45) is 0. The molecule has 1 aromatic carbocycles. The van der Waals surface area contributed by atoms with E-state index in [0.717, 1.165) is 0 Å². The van der Waals surface area contributed by atoms with Crippen molar-refractivity contribution in [2.75, 3.05) is 18.3 Å². The van der Waals surface area contributed by atoms with Gasteiger partial charge in [-0.25, -0.2) is 0 Å². The van der Waals surface area contributed by atoms with E-state index in [0.29, 0.717) is 17.0 Å². The van der Waals surface area contributed by atoms with E-state index < -0.39 is 5.24 Å². The van der Waals surface area contributed by atoms with Crippen molar-refractivity contribution >= 4 is 40.0 Å². The number of ether oxygens (including phenoxy) is 1. The van der Waals surface area contributed by atoms with Crippen LogP contribution in [0, 0.1) is 0 Å². The molecule has 0 fully saturated rings. The summed E-state index contributed by atoms with van der Waals surface area (Å²) in [6.45, 7) is 0. The summed E-state index contributed by atoms with van der Waals surface area (Å²) < 4.78 is 5.01. The topological polar surface area (TPSA) is 55.4 Å². The molecule has 0 heterocycles. The van der Waals surface area contributed by atoms with Crippen LogP contribution in [0.3, 0.4) is 0 Å². The number of anilines is 1. The molecular weight excluding hydrogens is 253 g/mol. The van der Waals surface area contributed by atoms with Crippen LogP contribution in [0.4, 0.5) is 5.69 Å². The third-order valence-corrected chi connectivity index (χ3v) is 2.28. The standard InChI is InChI=1S/C10H9Cl2NO3/c1-16-8-4-6(10(12)15)2-3-7(8)13-9(14)5-11/h2-4H,5H2,1H3,(H,13,14). The number of rotatable bonds is 4. The van der Waals surface area contributed by atoms with E-state index in [9.17, 15) is 9.59 Å². The number of alkyl halides is 1. The fourth-order valence-electron chi connectivity index (χ4n) is 1.10. The third kappa shape index (κ3) is 3.12. The normalized spacial score (nSPS) is 9.69. The van der Waals surface area contributed by atoms with Gasteiger partial charge in [0.2, 0.25) is 5.91 Å². The molecule has 0 saturated heterocycles. The number of nitrogens with one attached hydrogen (secondary N) is 1. The van der Waals surface area contributed by atoms with Gasteiger partial charge in [-0.3, -0.25) is 9.59 Å². The Hall–Kier alpha value is -1.26. The van der Waals surface area contributed by atoms with Gasteiger partial charge in [-0.15, -0.1) is 11.6 Å². The maximum absolute atomic E-state index is 11.1. The van der Waals surface area contributed by atoms with E-state index in [1.807, 2.05) is 0 Å². The molecular formula is C10H9Cl2NO3. The van der Waals surface area contributed by atoms with Crippen LogP contribution >= 0.6 is 23.2 Å². The molecule has 0 spiro atoms. The molecule has 86 valence electrons. The van der Waals surface area contributed by atoms with Gasteiger partial charge < -0.3 is 10.1 Å². The van der Waals surface area contributed by atoms with E-state index in [-0.39, 0.29) is 11.8 Å². The number of halogens is 2. The van der Waals surface area contributed by atoms with Gasteiger partial charge in [0.05, 0.1) is 12.8 Å². The van der Waals surface area contributed by atoms with Crippen LogP contribution in [0.15, 0.2) is 18.2 Å². The molecule has 0 atom stereocenters. The number of methoxy groups -OCH3 is 1. The van der Waals surface area contributed by atoms with Crippen molar-refractivity contribution in [3.05, 3.63) is 23.8 Å². The molecule has 16 heavy (non-hydrogen) atoms. The molecule has 1 N–H and O–H groups in total. The van der Waals surface area contributed by atoms with Crippen molar-refractivity contribution in [3.8, 4) is 5.75 Å². The zero-order valence-electron chi connectivity index (χ0n) is 8.42. The average Bonchev–Trinajstić information content (AvgIpc) is 2.29. The minimum atomic E-state index is -0.589. The molecule has 1 amide bonds. The van der Waals surface area contributed by atoms with Crippen LogP contribution in [0.2, 0.25) is 0 Å². The lowest BCUT2D eigenvalue weighted by molar-refractivity contribution is -0.113. The zero-order valence-corrected chi connectivity index (χ0v) is 9.93.